The molecule has 6 rings (SSSR count). The van der Waals surface area contributed by atoms with Gasteiger partial charge in [-0.15, -0.1) is 11.8 Å². The highest BCUT2D eigenvalue weighted by molar-refractivity contribution is 7.99. The molecule has 1 amide bonds. The van der Waals surface area contributed by atoms with E-state index in [2.05, 4.69) is 21.4 Å². The Morgan fingerprint density at radius 1 is 1.18 bits per heavy atom. The first-order valence-corrected chi connectivity index (χ1v) is 14.8. The van der Waals surface area contributed by atoms with Crippen molar-refractivity contribution in [2.75, 3.05) is 43.4 Å². The van der Waals surface area contributed by atoms with Crippen molar-refractivity contribution in [1.82, 2.24) is 19.4 Å². The Labute approximate surface area is 236 Å². The third kappa shape index (κ3) is 4.41. The van der Waals surface area contributed by atoms with Crippen LogP contribution in [0.4, 0.5) is 14.6 Å². The third-order valence-corrected chi connectivity index (χ3v) is 9.70. The lowest BCUT2D eigenvalue weighted by Gasteiger charge is -2.45. The fraction of sp³-hybridized carbons (Fsp3) is 0.433. The van der Waals surface area contributed by atoms with Gasteiger partial charge in [-0.05, 0) is 70.1 Å². The fourth-order valence-electron chi connectivity index (χ4n) is 6.31. The van der Waals surface area contributed by atoms with Crippen LogP contribution in [0.5, 0.6) is 0 Å². The van der Waals surface area contributed by atoms with Gasteiger partial charge >= 0.3 is 5.69 Å². The number of amides is 1. The van der Waals surface area contributed by atoms with Crippen molar-refractivity contribution in [3.63, 3.8) is 0 Å². The molecule has 1 aromatic heterocycles. The average molecular weight is 566 g/mol. The summed E-state index contributed by atoms with van der Waals surface area (Å²) in [5, 5.41) is 0.835. The molecule has 40 heavy (non-hydrogen) atoms. The van der Waals surface area contributed by atoms with E-state index in [1.165, 1.54) is 18.2 Å². The molecule has 10 heteroatoms. The number of hydrogen-bond donors (Lipinski definition) is 0. The Balaban J connectivity index is 1.56. The number of carbonyl (C=O) groups is 1. The lowest BCUT2D eigenvalue weighted by Crippen LogP contribution is -2.58. The highest BCUT2D eigenvalue weighted by Crippen LogP contribution is 2.47. The molecule has 0 aliphatic carbocycles. The lowest BCUT2D eigenvalue weighted by molar-refractivity contribution is -0.128. The van der Waals surface area contributed by atoms with Crippen LogP contribution >= 0.6 is 11.8 Å². The molecule has 3 atom stereocenters. The number of carbonyl (C=O) groups excluding carboxylic acids is 1. The maximum atomic E-state index is 15.1. The van der Waals surface area contributed by atoms with Crippen LogP contribution in [0, 0.1) is 18.6 Å². The zero-order valence-electron chi connectivity index (χ0n) is 23.0. The number of thioether (sulfide) groups is 1. The van der Waals surface area contributed by atoms with Gasteiger partial charge in [-0.2, -0.15) is 4.98 Å². The van der Waals surface area contributed by atoms with E-state index in [9.17, 15) is 14.0 Å². The van der Waals surface area contributed by atoms with Gasteiger partial charge in [-0.25, -0.2) is 13.6 Å². The Bertz CT molecular complexity index is 1590. The summed E-state index contributed by atoms with van der Waals surface area (Å²) in [5.41, 5.74) is 2.26. The summed E-state index contributed by atoms with van der Waals surface area (Å²) in [7, 11) is 0. The summed E-state index contributed by atoms with van der Waals surface area (Å²) in [4.78, 5) is 38.1. The number of halogens is 2. The minimum absolute atomic E-state index is 0.0682. The van der Waals surface area contributed by atoms with Crippen molar-refractivity contribution in [3.8, 4) is 11.1 Å². The summed E-state index contributed by atoms with van der Waals surface area (Å²) < 4.78 is 30.8. The summed E-state index contributed by atoms with van der Waals surface area (Å²) in [6.07, 6.45) is 2.49. The van der Waals surface area contributed by atoms with Gasteiger partial charge < -0.3 is 14.7 Å². The Hall–Kier alpha value is -3.24. The molecule has 1 unspecified atom stereocenters. The molecule has 3 aliphatic heterocycles. The normalized spacial score (nSPS) is 22.9. The zero-order chi connectivity index (χ0) is 28.3. The number of aryl methyl sites for hydroxylation is 1. The number of hydrogen-bond acceptors (Lipinski definition) is 6. The number of rotatable bonds is 5. The molecule has 210 valence electrons. The van der Waals surface area contributed by atoms with Crippen LogP contribution in [0.1, 0.15) is 31.9 Å². The van der Waals surface area contributed by atoms with E-state index >= 15 is 4.39 Å². The Morgan fingerprint density at radius 2 is 1.95 bits per heavy atom. The van der Waals surface area contributed by atoms with E-state index in [1.54, 1.807) is 21.2 Å². The smallest absolute Gasteiger partial charge is 0.349 e. The minimum atomic E-state index is -0.629. The quantitative estimate of drug-likeness (QED) is 0.421. The molecule has 4 heterocycles. The number of nitrogens with zero attached hydrogens (tertiary/aromatic N) is 5. The van der Waals surface area contributed by atoms with E-state index in [4.69, 9.17) is 0 Å². The average Bonchev–Trinajstić information content (AvgIpc) is 2.89. The second-order valence-corrected chi connectivity index (χ2v) is 12.2. The highest BCUT2D eigenvalue weighted by Gasteiger charge is 2.36. The summed E-state index contributed by atoms with van der Waals surface area (Å²) in [6.45, 7) is 13.3. The molecule has 7 nitrogen and oxygen atoms in total. The predicted octanol–water partition coefficient (Wildman–Crippen LogP) is 4.61. The first-order valence-electron chi connectivity index (χ1n) is 13.8. The Morgan fingerprint density at radius 3 is 2.62 bits per heavy atom. The summed E-state index contributed by atoms with van der Waals surface area (Å²) >= 11 is 1.63. The number of piperazine rings is 1. The van der Waals surface area contributed by atoms with E-state index in [-0.39, 0.29) is 29.7 Å². The molecule has 0 N–H and O–H groups in total. The zero-order valence-corrected chi connectivity index (χ0v) is 23.8. The third-order valence-electron chi connectivity index (χ3n) is 8.46. The molecule has 3 aliphatic rings. The van der Waals surface area contributed by atoms with Crippen molar-refractivity contribution in [3.05, 3.63) is 64.6 Å². The molecule has 2 aromatic carbocycles. The van der Waals surface area contributed by atoms with Crippen LogP contribution in [0.25, 0.3) is 22.0 Å². The highest BCUT2D eigenvalue weighted by atomic mass is 32.2. The first-order chi connectivity index (χ1) is 19.2. The van der Waals surface area contributed by atoms with Crippen LogP contribution in [0.3, 0.4) is 0 Å². The summed E-state index contributed by atoms with van der Waals surface area (Å²) in [6, 6.07) is 5.39. The van der Waals surface area contributed by atoms with Gasteiger partial charge in [0, 0.05) is 64.9 Å². The largest absolute Gasteiger partial charge is 0.350 e. The molecule has 0 spiro atoms. The SMILES string of the molecule is C=CC(=O)N1C[C@H](C)N(c2nc(=O)n3c4c(c(-c5ccc(F)cc5F)c(C)cc24)SCC3CN2CCC2)C[C@H]1C. The second-order valence-electron chi connectivity index (χ2n) is 11.2. The van der Waals surface area contributed by atoms with E-state index in [0.29, 0.717) is 35.8 Å². The minimum Gasteiger partial charge on any atom is -0.349 e. The lowest BCUT2D eigenvalue weighted by atomic mass is 9.96. The van der Waals surface area contributed by atoms with Crippen molar-refractivity contribution in [2.45, 2.75) is 50.2 Å². The van der Waals surface area contributed by atoms with Crippen LogP contribution in [-0.2, 0) is 4.79 Å². The number of anilines is 1. The van der Waals surface area contributed by atoms with Crippen LogP contribution in [0.15, 0.2) is 46.6 Å². The van der Waals surface area contributed by atoms with Gasteiger partial charge in [0.15, 0.2) is 0 Å². The Kier molecular flexibility index (Phi) is 6.94. The monoisotopic (exact) mass is 565 g/mol. The standard InChI is InChI=1S/C30H33F2N5O2S/c1-5-25(38)35-13-19(4)36(14-18(35)3)29-23-11-17(2)26(22-8-7-20(31)12-24(22)32)28-27(23)37(30(39)33-29)21(16-40-28)15-34-9-6-10-34/h5,7-8,11-12,18-19,21H,1,6,9-10,13-16H2,2-4H3/t18-,19+,21?/m1/s1. The molecular weight excluding hydrogens is 532 g/mol. The van der Waals surface area contributed by atoms with Crippen molar-refractivity contribution in [2.24, 2.45) is 0 Å². The van der Waals surface area contributed by atoms with Crippen LogP contribution in [-0.4, -0.2) is 75.8 Å². The van der Waals surface area contributed by atoms with Gasteiger partial charge in [0.05, 0.1) is 11.6 Å². The van der Waals surface area contributed by atoms with E-state index < -0.39 is 11.6 Å². The van der Waals surface area contributed by atoms with Gasteiger partial charge in [0.2, 0.25) is 5.91 Å². The van der Waals surface area contributed by atoms with Crippen molar-refractivity contribution in [1.29, 1.82) is 0 Å². The van der Waals surface area contributed by atoms with Crippen LogP contribution in [0.2, 0.25) is 0 Å². The van der Waals surface area contributed by atoms with E-state index in [0.717, 1.165) is 53.5 Å². The van der Waals surface area contributed by atoms with Gasteiger partial charge in [0.1, 0.15) is 17.5 Å². The second kappa shape index (κ2) is 10.3. The molecular formula is C30H33F2N5O2S. The predicted molar refractivity (Wildman–Crippen MR) is 155 cm³/mol. The molecule has 0 saturated carbocycles. The van der Waals surface area contributed by atoms with E-state index in [1.807, 2.05) is 26.8 Å². The molecule has 0 bridgehead atoms. The van der Waals surface area contributed by atoms with Gasteiger partial charge in [-0.3, -0.25) is 9.36 Å². The summed E-state index contributed by atoms with van der Waals surface area (Å²) in [5.74, 6) is -0.126. The molecule has 2 fully saturated rings. The maximum Gasteiger partial charge on any atom is 0.350 e. The number of likely N-dealkylation sites (tertiary alicyclic amines) is 1. The first kappa shape index (κ1) is 27.0. The maximum absolute atomic E-state index is 15.1. The van der Waals surface area contributed by atoms with Crippen molar-refractivity contribution < 1.29 is 13.6 Å². The molecule has 3 aromatic rings. The van der Waals surface area contributed by atoms with Gasteiger partial charge in [0.25, 0.3) is 0 Å². The van der Waals surface area contributed by atoms with Gasteiger partial charge in [-0.1, -0.05) is 6.58 Å². The molecule has 2 saturated heterocycles. The molecule has 0 radical (unpaired) electrons. The fourth-order valence-corrected chi connectivity index (χ4v) is 7.68. The number of benzene rings is 2. The van der Waals surface area contributed by atoms with Crippen molar-refractivity contribution >= 4 is 34.4 Å². The number of aromatic nitrogens is 2. The topological polar surface area (TPSA) is 61.7 Å². The van der Waals surface area contributed by atoms with Crippen LogP contribution < -0.4 is 10.6 Å².